The Labute approximate surface area is 96.5 Å². The van der Waals surface area contributed by atoms with Crippen molar-refractivity contribution in [3.05, 3.63) is 51.4 Å². The number of thiophene rings is 1. The molecular weight excluding hydrogens is 233 g/mol. The summed E-state index contributed by atoms with van der Waals surface area (Å²) in [4.78, 5) is 1.20. The van der Waals surface area contributed by atoms with Gasteiger partial charge in [-0.15, -0.1) is 11.3 Å². The fraction of sp³-hybridized carbons (Fsp3) is 0.0909. The molecule has 2 rings (SSSR count). The van der Waals surface area contributed by atoms with Crippen LogP contribution in [0.5, 0.6) is 0 Å². The lowest BCUT2D eigenvalue weighted by atomic mass is 10.3. The molecule has 0 aliphatic rings. The maximum atomic E-state index is 13.0. The van der Waals surface area contributed by atoms with Crippen molar-refractivity contribution in [2.75, 3.05) is 5.32 Å². The second-order valence-electron chi connectivity index (χ2n) is 3.09. The Morgan fingerprint density at radius 1 is 1.33 bits per heavy atom. The first kappa shape index (κ1) is 10.5. The van der Waals surface area contributed by atoms with Gasteiger partial charge in [-0.2, -0.15) is 0 Å². The van der Waals surface area contributed by atoms with E-state index in [9.17, 15) is 4.39 Å². The Morgan fingerprint density at radius 2 is 2.20 bits per heavy atom. The highest BCUT2D eigenvalue weighted by molar-refractivity contribution is 7.09. The van der Waals surface area contributed by atoms with E-state index in [1.54, 1.807) is 17.4 Å². The van der Waals surface area contributed by atoms with E-state index >= 15 is 0 Å². The molecule has 4 heteroatoms. The molecule has 0 spiro atoms. The quantitative estimate of drug-likeness (QED) is 0.851. The Bertz CT molecular complexity index is 422. The van der Waals surface area contributed by atoms with E-state index in [2.05, 4.69) is 5.32 Å². The predicted octanol–water partition coefficient (Wildman–Crippen LogP) is 4.15. The third-order valence-corrected chi connectivity index (χ3v) is 3.00. The topological polar surface area (TPSA) is 12.0 Å². The first-order valence-electron chi connectivity index (χ1n) is 4.46. The molecule has 0 radical (unpaired) electrons. The number of anilines is 1. The Hall–Kier alpha value is -1.06. The molecule has 0 amide bonds. The van der Waals surface area contributed by atoms with Crippen LogP contribution in [0.1, 0.15) is 4.88 Å². The average molecular weight is 242 g/mol. The van der Waals surface area contributed by atoms with Gasteiger partial charge in [-0.1, -0.05) is 17.7 Å². The molecule has 1 aromatic carbocycles. The Balaban J connectivity index is 2.05. The van der Waals surface area contributed by atoms with Gasteiger partial charge in [0.1, 0.15) is 5.82 Å². The molecule has 78 valence electrons. The zero-order valence-electron chi connectivity index (χ0n) is 7.84. The fourth-order valence-electron chi connectivity index (χ4n) is 1.26. The minimum atomic E-state index is -0.323. The number of benzene rings is 1. The summed E-state index contributed by atoms with van der Waals surface area (Å²) < 4.78 is 13.0. The van der Waals surface area contributed by atoms with Gasteiger partial charge < -0.3 is 5.32 Å². The van der Waals surface area contributed by atoms with E-state index in [4.69, 9.17) is 11.6 Å². The third-order valence-electron chi connectivity index (χ3n) is 1.91. The van der Waals surface area contributed by atoms with E-state index < -0.39 is 0 Å². The van der Waals surface area contributed by atoms with E-state index in [1.807, 2.05) is 17.5 Å². The lowest BCUT2D eigenvalue weighted by Crippen LogP contribution is -1.97. The van der Waals surface area contributed by atoms with E-state index in [-0.39, 0.29) is 5.82 Å². The second kappa shape index (κ2) is 4.64. The molecule has 2 aromatic rings. The van der Waals surface area contributed by atoms with Crippen molar-refractivity contribution in [2.24, 2.45) is 0 Å². The SMILES string of the molecule is Fc1cc(Cl)cc(NCc2cccs2)c1. The summed E-state index contributed by atoms with van der Waals surface area (Å²) in [6.07, 6.45) is 0. The van der Waals surface area contributed by atoms with Crippen molar-refractivity contribution in [1.82, 2.24) is 0 Å². The van der Waals surface area contributed by atoms with Gasteiger partial charge >= 0.3 is 0 Å². The molecule has 1 nitrogen and oxygen atoms in total. The van der Waals surface area contributed by atoms with Gasteiger partial charge in [-0.25, -0.2) is 4.39 Å². The molecule has 0 fully saturated rings. The average Bonchev–Trinajstić information content (AvgIpc) is 2.65. The summed E-state index contributed by atoms with van der Waals surface area (Å²) in [7, 11) is 0. The monoisotopic (exact) mass is 241 g/mol. The summed E-state index contributed by atoms with van der Waals surface area (Å²) >= 11 is 7.39. The van der Waals surface area contributed by atoms with Gasteiger partial charge in [0.25, 0.3) is 0 Å². The van der Waals surface area contributed by atoms with Crippen LogP contribution in [0.4, 0.5) is 10.1 Å². The van der Waals surface area contributed by atoms with Gasteiger partial charge in [0.2, 0.25) is 0 Å². The van der Waals surface area contributed by atoms with Crippen molar-refractivity contribution in [3.8, 4) is 0 Å². The van der Waals surface area contributed by atoms with Crippen molar-refractivity contribution < 1.29 is 4.39 Å². The predicted molar refractivity (Wildman–Crippen MR) is 63.1 cm³/mol. The minimum absolute atomic E-state index is 0.323. The maximum absolute atomic E-state index is 13.0. The minimum Gasteiger partial charge on any atom is -0.380 e. The molecule has 0 saturated heterocycles. The number of rotatable bonds is 3. The molecule has 0 aliphatic heterocycles. The summed E-state index contributed by atoms with van der Waals surface area (Å²) in [5.41, 5.74) is 0.702. The van der Waals surface area contributed by atoms with Gasteiger partial charge in [0.15, 0.2) is 0 Å². The van der Waals surface area contributed by atoms with Crippen LogP contribution in [0.3, 0.4) is 0 Å². The summed E-state index contributed by atoms with van der Waals surface area (Å²) in [5.74, 6) is -0.323. The zero-order chi connectivity index (χ0) is 10.7. The van der Waals surface area contributed by atoms with Gasteiger partial charge in [-0.05, 0) is 29.6 Å². The number of hydrogen-bond donors (Lipinski definition) is 1. The molecule has 0 saturated carbocycles. The van der Waals surface area contributed by atoms with E-state index in [0.717, 1.165) is 0 Å². The van der Waals surface area contributed by atoms with Gasteiger partial charge in [-0.3, -0.25) is 0 Å². The van der Waals surface area contributed by atoms with Crippen LogP contribution in [0.2, 0.25) is 5.02 Å². The smallest absolute Gasteiger partial charge is 0.126 e. The van der Waals surface area contributed by atoms with Crippen LogP contribution < -0.4 is 5.32 Å². The molecule has 15 heavy (non-hydrogen) atoms. The van der Waals surface area contributed by atoms with Gasteiger partial charge in [0, 0.05) is 22.1 Å². The highest BCUT2D eigenvalue weighted by Crippen LogP contribution is 2.19. The first-order chi connectivity index (χ1) is 7.24. The summed E-state index contributed by atoms with van der Waals surface area (Å²) in [6.45, 7) is 0.692. The lowest BCUT2D eigenvalue weighted by molar-refractivity contribution is 0.628. The largest absolute Gasteiger partial charge is 0.380 e. The molecule has 0 bridgehead atoms. The second-order valence-corrected chi connectivity index (χ2v) is 4.56. The maximum Gasteiger partial charge on any atom is 0.126 e. The number of halogens is 2. The first-order valence-corrected chi connectivity index (χ1v) is 5.72. The molecule has 0 unspecified atom stereocenters. The van der Waals surface area contributed by atoms with Crippen molar-refractivity contribution >= 4 is 28.6 Å². The number of hydrogen-bond acceptors (Lipinski definition) is 2. The molecular formula is C11H9ClFNS. The van der Waals surface area contributed by atoms with Crippen molar-refractivity contribution in [1.29, 1.82) is 0 Å². The van der Waals surface area contributed by atoms with Crippen LogP contribution in [0, 0.1) is 5.82 Å². The van der Waals surface area contributed by atoms with Crippen LogP contribution >= 0.6 is 22.9 Å². The third kappa shape index (κ3) is 2.94. The summed E-state index contributed by atoms with van der Waals surface area (Å²) in [5, 5.41) is 5.53. The lowest BCUT2D eigenvalue weighted by Gasteiger charge is -2.05. The Kier molecular flexibility index (Phi) is 3.23. The standard InChI is InChI=1S/C11H9ClFNS/c12-8-4-9(13)6-10(5-8)14-7-11-2-1-3-15-11/h1-6,14H,7H2. The molecule has 1 aromatic heterocycles. The highest BCUT2D eigenvalue weighted by atomic mass is 35.5. The van der Waals surface area contributed by atoms with Crippen LogP contribution in [0.25, 0.3) is 0 Å². The normalized spacial score (nSPS) is 10.3. The van der Waals surface area contributed by atoms with E-state index in [0.29, 0.717) is 17.3 Å². The van der Waals surface area contributed by atoms with Crippen molar-refractivity contribution in [3.63, 3.8) is 0 Å². The van der Waals surface area contributed by atoms with Crippen LogP contribution in [-0.4, -0.2) is 0 Å². The zero-order valence-corrected chi connectivity index (χ0v) is 9.41. The Morgan fingerprint density at radius 3 is 2.87 bits per heavy atom. The van der Waals surface area contributed by atoms with Crippen LogP contribution in [-0.2, 0) is 6.54 Å². The molecule has 0 atom stereocenters. The van der Waals surface area contributed by atoms with Gasteiger partial charge in [0.05, 0.1) is 0 Å². The van der Waals surface area contributed by atoms with Crippen LogP contribution in [0.15, 0.2) is 35.7 Å². The molecule has 0 aliphatic carbocycles. The van der Waals surface area contributed by atoms with Crippen molar-refractivity contribution in [2.45, 2.75) is 6.54 Å². The molecule has 1 heterocycles. The number of nitrogens with one attached hydrogen (secondary N) is 1. The molecule has 1 N–H and O–H groups in total. The highest BCUT2D eigenvalue weighted by Gasteiger charge is 1.99. The fourth-order valence-corrected chi connectivity index (χ4v) is 2.12. The summed E-state index contributed by atoms with van der Waals surface area (Å²) in [6, 6.07) is 8.44. The van der Waals surface area contributed by atoms with E-state index in [1.165, 1.54) is 17.0 Å².